The van der Waals surface area contributed by atoms with Crippen molar-refractivity contribution in [2.24, 2.45) is 0 Å². The molecular formula is C18H26ClN3O. The van der Waals surface area contributed by atoms with E-state index in [1.54, 1.807) is 0 Å². The molecule has 1 heterocycles. The lowest BCUT2D eigenvalue weighted by Crippen LogP contribution is -2.42. The van der Waals surface area contributed by atoms with Crippen LogP contribution in [0, 0.1) is 0 Å². The lowest BCUT2D eigenvalue weighted by Gasteiger charge is -2.27. The number of carbonyl (C=O) groups excluding carboxylic acids is 1. The fraction of sp³-hybridized carbons (Fsp3) is 0.611. The minimum absolute atomic E-state index is 0.0400. The van der Waals surface area contributed by atoms with Crippen LogP contribution in [0.1, 0.15) is 37.7 Å². The first kappa shape index (κ1) is 16.6. The Bertz CT molecular complexity index is 531. The van der Waals surface area contributed by atoms with Crippen LogP contribution in [-0.4, -0.2) is 48.1 Å². The Labute approximate surface area is 143 Å². The second-order valence-corrected chi connectivity index (χ2v) is 7.04. The zero-order valence-electron chi connectivity index (χ0n) is 13.6. The minimum Gasteiger partial charge on any atom is -0.334 e. The maximum absolute atomic E-state index is 12.4. The quantitative estimate of drug-likeness (QED) is 0.917. The number of benzene rings is 1. The first-order valence-electron chi connectivity index (χ1n) is 8.73. The standard InChI is InChI=1S/C18H26ClN3O/c19-16-6-3-5-15(13-16)14-20-18(23)22-10-4-9-21(11-12-22)17-7-1-2-8-17/h3,5-6,13,17H,1-2,4,7-12,14H2,(H,20,23). The predicted octanol–water partition coefficient (Wildman–Crippen LogP) is 3.50. The molecule has 1 saturated heterocycles. The van der Waals surface area contributed by atoms with E-state index in [0.29, 0.717) is 11.6 Å². The molecule has 1 aromatic carbocycles. The van der Waals surface area contributed by atoms with Crippen LogP contribution in [0.2, 0.25) is 5.02 Å². The van der Waals surface area contributed by atoms with E-state index in [1.807, 2.05) is 29.2 Å². The van der Waals surface area contributed by atoms with Crippen molar-refractivity contribution >= 4 is 17.6 Å². The molecule has 23 heavy (non-hydrogen) atoms. The highest BCUT2D eigenvalue weighted by Crippen LogP contribution is 2.24. The topological polar surface area (TPSA) is 35.6 Å². The van der Waals surface area contributed by atoms with Crippen molar-refractivity contribution in [1.82, 2.24) is 15.1 Å². The molecule has 2 amide bonds. The summed E-state index contributed by atoms with van der Waals surface area (Å²) in [5, 5.41) is 3.73. The van der Waals surface area contributed by atoms with E-state index in [-0.39, 0.29) is 6.03 Å². The van der Waals surface area contributed by atoms with Gasteiger partial charge < -0.3 is 10.2 Å². The van der Waals surface area contributed by atoms with E-state index in [9.17, 15) is 4.79 Å². The van der Waals surface area contributed by atoms with E-state index in [0.717, 1.165) is 44.2 Å². The number of nitrogens with zero attached hydrogens (tertiary/aromatic N) is 2. The van der Waals surface area contributed by atoms with E-state index in [2.05, 4.69) is 10.2 Å². The number of amides is 2. The number of urea groups is 1. The zero-order chi connectivity index (χ0) is 16.1. The predicted molar refractivity (Wildman–Crippen MR) is 93.7 cm³/mol. The van der Waals surface area contributed by atoms with E-state index in [1.165, 1.54) is 25.7 Å². The number of hydrogen-bond acceptors (Lipinski definition) is 2. The summed E-state index contributed by atoms with van der Waals surface area (Å²) >= 11 is 5.98. The third kappa shape index (κ3) is 4.61. The van der Waals surface area contributed by atoms with Gasteiger partial charge in [0.15, 0.2) is 0 Å². The van der Waals surface area contributed by atoms with Crippen LogP contribution in [0.5, 0.6) is 0 Å². The molecule has 4 nitrogen and oxygen atoms in total. The Kier molecular flexibility index (Phi) is 5.79. The molecule has 1 saturated carbocycles. The van der Waals surface area contributed by atoms with Crippen LogP contribution >= 0.6 is 11.6 Å². The SMILES string of the molecule is O=C(NCc1cccc(Cl)c1)N1CCCN(C2CCCC2)CC1. The molecule has 1 N–H and O–H groups in total. The summed E-state index contributed by atoms with van der Waals surface area (Å²) in [5.74, 6) is 0. The molecule has 5 heteroatoms. The Morgan fingerprint density at radius 3 is 2.74 bits per heavy atom. The van der Waals surface area contributed by atoms with E-state index < -0.39 is 0 Å². The molecule has 1 aromatic rings. The van der Waals surface area contributed by atoms with Crippen molar-refractivity contribution in [3.8, 4) is 0 Å². The Hall–Kier alpha value is -1.26. The van der Waals surface area contributed by atoms with Crippen molar-refractivity contribution in [1.29, 1.82) is 0 Å². The van der Waals surface area contributed by atoms with Crippen LogP contribution in [0.4, 0.5) is 4.79 Å². The molecule has 0 unspecified atom stereocenters. The van der Waals surface area contributed by atoms with Gasteiger partial charge in [-0.25, -0.2) is 4.79 Å². The first-order chi connectivity index (χ1) is 11.2. The van der Waals surface area contributed by atoms with Crippen molar-refractivity contribution < 1.29 is 4.79 Å². The molecule has 126 valence electrons. The van der Waals surface area contributed by atoms with Crippen LogP contribution in [0.15, 0.2) is 24.3 Å². The van der Waals surface area contributed by atoms with Crippen molar-refractivity contribution in [2.45, 2.75) is 44.7 Å². The van der Waals surface area contributed by atoms with Gasteiger partial charge in [0, 0.05) is 43.8 Å². The van der Waals surface area contributed by atoms with Gasteiger partial charge in [-0.15, -0.1) is 0 Å². The van der Waals surface area contributed by atoms with Crippen molar-refractivity contribution in [2.75, 3.05) is 26.2 Å². The molecule has 0 aromatic heterocycles. The molecule has 0 radical (unpaired) electrons. The van der Waals surface area contributed by atoms with Gasteiger partial charge in [0.25, 0.3) is 0 Å². The summed E-state index contributed by atoms with van der Waals surface area (Å²) in [7, 11) is 0. The highest BCUT2D eigenvalue weighted by molar-refractivity contribution is 6.30. The number of carbonyl (C=O) groups is 1. The van der Waals surface area contributed by atoms with E-state index >= 15 is 0 Å². The third-order valence-corrected chi connectivity index (χ3v) is 5.23. The van der Waals surface area contributed by atoms with Crippen molar-refractivity contribution in [3.63, 3.8) is 0 Å². The Morgan fingerprint density at radius 2 is 1.96 bits per heavy atom. The average Bonchev–Trinajstić information content (AvgIpc) is 2.97. The van der Waals surface area contributed by atoms with Gasteiger partial charge in [-0.3, -0.25) is 4.90 Å². The lowest BCUT2D eigenvalue weighted by atomic mass is 10.2. The fourth-order valence-corrected chi connectivity index (χ4v) is 3.92. The van der Waals surface area contributed by atoms with Crippen LogP contribution in [0.3, 0.4) is 0 Å². The van der Waals surface area contributed by atoms with Gasteiger partial charge in [-0.1, -0.05) is 36.6 Å². The normalized spacial score (nSPS) is 20.5. The molecular weight excluding hydrogens is 310 g/mol. The van der Waals surface area contributed by atoms with Gasteiger partial charge in [-0.2, -0.15) is 0 Å². The summed E-state index contributed by atoms with van der Waals surface area (Å²) in [6.45, 7) is 4.35. The average molecular weight is 336 g/mol. The number of nitrogens with one attached hydrogen (secondary N) is 1. The molecule has 1 aliphatic carbocycles. The monoisotopic (exact) mass is 335 g/mol. The van der Waals surface area contributed by atoms with Crippen molar-refractivity contribution in [3.05, 3.63) is 34.9 Å². The first-order valence-corrected chi connectivity index (χ1v) is 9.11. The van der Waals surface area contributed by atoms with Gasteiger partial charge in [0.1, 0.15) is 0 Å². The third-order valence-electron chi connectivity index (χ3n) is 4.99. The Morgan fingerprint density at radius 1 is 1.13 bits per heavy atom. The highest BCUT2D eigenvalue weighted by Gasteiger charge is 2.25. The van der Waals surface area contributed by atoms with Gasteiger partial charge >= 0.3 is 6.03 Å². The lowest BCUT2D eigenvalue weighted by molar-refractivity contribution is 0.187. The molecule has 3 rings (SSSR count). The van der Waals surface area contributed by atoms with Gasteiger partial charge in [-0.05, 0) is 37.0 Å². The Balaban J connectivity index is 1.47. The van der Waals surface area contributed by atoms with Crippen LogP contribution < -0.4 is 5.32 Å². The van der Waals surface area contributed by atoms with Crippen LogP contribution in [0.25, 0.3) is 0 Å². The van der Waals surface area contributed by atoms with Gasteiger partial charge in [0.2, 0.25) is 0 Å². The summed E-state index contributed by atoms with van der Waals surface area (Å²) in [6, 6.07) is 8.43. The van der Waals surface area contributed by atoms with Crippen LogP contribution in [-0.2, 0) is 6.54 Å². The van der Waals surface area contributed by atoms with E-state index in [4.69, 9.17) is 11.6 Å². The summed E-state index contributed by atoms with van der Waals surface area (Å²) in [4.78, 5) is 17.0. The highest BCUT2D eigenvalue weighted by atomic mass is 35.5. The summed E-state index contributed by atoms with van der Waals surface area (Å²) < 4.78 is 0. The fourth-order valence-electron chi connectivity index (χ4n) is 3.71. The maximum atomic E-state index is 12.4. The molecule has 2 fully saturated rings. The number of hydrogen-bond donors (Lipinski definition) is 1. The minimum atomic E-state index is 0.0400. The number of rotatable bonds is 3. The second-order valence-electron chi connectivity index (χ2n) is 6.60. The molecule has 0 bridgehead atoms. The largest absolute Gasteiger partial charge is 0.334 e. The summed E-state index contributed by atoms with van der Waals surface area (Å²) in [6.07, 6.45) is 6.47. The molecule has 1 aliphatic heterocycles. The molecule has 2 aliphatic rings. The summed E-state index contributed by atoms with van der Waals surface area (Å²) in [5.41, 5.74) is 1.04. The second kappa shape index (κ2) is 8.02. The molecule has 0 spiro atoms. The maximum Gasteiger partial charge on any atom is 0.317 e. The smallest absolute Gasteiger partial charge is 0.317 e. The molecule has 0 atom stereocenters. The number of halogens is 1. The van der Waals surface area contributed by atoms with Gasteiger partial charge in [0.05, 0.1) is 0 Å². The zero-order valence-corrected chi connectivity index (χ0v) is 14.4.